The Morgan fingerprint density at radius 3 is 2.42 bits per heavy atom. The molecule has 0 bridgehead atoms. The Morgan fingerprint density at radius 1 is 1.26 bits per heavy atom. The van der Waals surface area contributed by atoms with Crippen molar-refractivity contribution in [2.24, 2.45) is 0 Å². The molecule has 4 nitrogen and oxygen atoms in total. The van der Waals surface area contributed by atoms with E-state index in [9.17, 15) is 9.59 Å². The van der Waals surface area contributed by atoms with Crippen molar-refractivity contribution in [2.45, 2.75) is 0 Å². The van der Waals surface area contributed by atoms with E-state index >= 15 is 0 Å². The third kappa shape index (κ3) is 4.79. The molecule has 0 fully saturated rings. The summed E-state index contributed by atoms with van der Waals surface area (Å²) in [6.45, 7) is 3.98. The summed E-state index contributed by atoms with van der Waals surface area (Å²) in [7, 11) is 3.39. The molecule has 1 aromatic carbocycles. The van der Waals surface area contributed by atoms with Gasteiger partial charge in [0.05, 0.1) is 0 Å². The zero-order valence-corrected chi connectivity index (χ0v) is 11.2. The quantitative estimate of drug-likeness (QED) is 0.645. The zero-order chi connectivity index (χ0) is 14.3. The van der Waals surface area contributed by atoms with Gasteiger partial charge >= 0.3 is 0 Å². The molecule has 2 amide bonds. The van der Waals surface area contributed by atoms with Crippen LogP contribution < -0.4 is 5.32 Å². The monoisotopic (exact) mass is 258 g/mol. The Kier molecular flexibility index (Phi) is 5.54. The predicted molar refractivity (Wildman–Crippen MR) is 76.7 cm³/mol. The molecule has 0 saturated heterocycles. The van der Waals surface area contributed by atoms with Gasteiger partial charge in [-0.2, -0.15) is 0 Å². The summed E-state index contributed by atoms with van der Waals surface area (Å²) in [5.74, 6) is -0.215. The highest BCUT2D eigenvalue weighted by Gasteiger charge is 2.03. The van der Waals surface area contributed by atoms with Crippen molar-refractivity contribution in [3.63, 3.8) is 0 Å². The minimum atomic E-state index is -0.139. The molecule has 0 aliphatic rings. The molecule has 0 saturated carbocycles. The second-order valence-corrected chi connectivity index (χ2v) is 4.19. The lowest BCUT2D eigenvalue weighted by Gasteiger charge is -2.05. The third-order valence-corrected chi connectivity index (χ3v) is 2.44. The molecule has 19 heavy (non-hydrogen) atoms. The fourth-order valence-electron chi connectivity index (χ4n) is 1.33. The van der Waals surface area contributed by atoms with Gasteiger partial charge in [0, 0.05) is 32.3 Å². The molecule has 0 aromatic heterocycles. The molecule has 1 rings (SSSR count). The van der Waals surface area contributed by atoms with Gasteiger partial charge in [0.15, 0.2) is 0 Å². The van der Waals surface area contributed by atoms with E-state index in [1.54, 1.807) is 50.5 Å². The molecule has 0 spiro atoms. The SMILES string of the molecule is C=CCNC(=O)c1ccc(/C=C/C(=O)N(C)C)cc1. The Balaban J connectivity index is 2.68. The molecule has 0 heterocycles. The summed E-state index contributed by atoms with van der Waals surface area (Å²) in [5, 5.41) is 2.70. The number of nitrogens with zero attached hydrogens (tertiary/aromatic N) is 1. The topological polar surface area (TPSA) is 49.4 Å². The van der Waals surface area contributed by atoms with Crippen LogP contribution in [0.1, 0.15) is 15.9 Å². The van der Waals surface area contributed by atoms with Crippen LogP contribution >= 0.6 is 0 Å². The number of hydrogen-bond donors (Lipinski definition) is 1. The molecule has 1 N–H and O–H groups in total. The maximum Gasteiger partial charge on any atom is 0.251 e. The highest BCUT2D eigenvalue weighted by atomic mass is 16.2. The largest absolute Gasteiger partial charge is 0.349 e. The smallest absolute Gasteiger partial charge is 0.251 e. The van der Waals surface area contributed by atoms with Crippen molar-refractivity contribution < 1.29 is 9.59 Å². The van der Waals surface area contributed by atoms with Crippen molar-refractivity contribution >= 4 is 17.9 Å². The van der Waals surface area contributed by atoms with Gasteiger partial charge in [0.2, 0.25) is 5.91 Å². The van der Waals surface area contributed by atoms with Gasteiger partial charge in [-0.25, -0.2) is 0 Å². The summed E-state index contributed by atoms with van der Waals surface area (Å²) in [6, 6.07) is 7.03. The van der Waals surface area contributed by atoms with Crippen LogP contribution in [0.25, 0.3) is 6.08 Å². The number of hydrogen-bond acceptors (Lipinski definition) is 2. The lowest BCUT2D eigenvalue weighted by Crippen LogP contribution is -2.22. The Morgan fingerprint density at radius 2 is 1.89 bits per heavy atom. The molecule has 0 unspecified atom stereocenters. The van der Waals surface area contributed by atoms with Crippen LogP contribution in [0.3, 0.4) is 0 Å². The molecule has 0 atom stereocenters. The van der Waals surface area contributed by atoms with Gasteiger partial charge < -0.3 is 10.2 Å². The van der Waals surface area contributed by atoms with Crippen LogP contribution in [-0.4, -0.2) is 37.4 Å². The zero-order valence-electron chi connectivity index (χ0n) is 11.2. The fourth-order valence-corrected chi connectivity index (χ4v) is 1.33. The number of carbonyl (C=O) groups excluding carboxylic acids is 2. The number of likely N-dealkylation sites (N-methyl/N-ethyl adjacent to an activating group) is 1. The first kappa shape index (κ1) is 14.7. The van der Waals surface area contributed by atoms with E-state index in [2.05, 4.69) is 11.9 Å². The first-order valence-electron chi connectivity index (χ1n) is 5.93. The molecule has 1 aromatic rings. The Hall–Kier alpha value is -2.36. The van der Waals surface area contributed by atoms with Crippen LogP contribution in [0.4, 0.5) is 0 Å². The second kappa shape index (κ2) is 7.16. The average molecular weight is 258 g/mol. The van der Waals surface area contributed by atoms with E-state index in [1.165, 1.54) is 11.0 Å². The van der Waals surface area contributed by atoms with Crippen LogP contribution in [0.15, 0.2) is 43.0 Å². The van der Waals surface area contributed by atoms with Gasteiger partial charge in [0.1, 0.15) is 0 Å². The summed E-state index contributed by atoms with van der Waals surface area (Å²) in [6.07, 6.45) is 4.84. The molecule has 4 heteroatoms. The van der Waals surface area contributed by atoms with E-state index < -0.39 is 0 Å². The number of rotatable bonds is 5. The molecule has 0 aliphatic heterocycles. The van der Waals surface area contributed by atoms with Crippen LogP contribution in [0.2, 0.25) is 0 Å². The highest BCUT2D eigenvalue weighted by molar-refractivity contribution is 5.95. The van der Waals surface area contributed by atoms with Crippen molar-refractivity contribution in [3.05, 3.63) is 54.1 Å². The molecular weight excluding hydrogens is 240 g/mol. The third-order valence-electron chi connectivity index (χ3n) is 2.44. The predicted octanol–water partition coefficient (Wildman–Crippen LogP) is 1.70. The highest BCUT2D eigenvalue weighted by Crippen LogP contribution is 2.06. The van der Waals surface area contributed by atoms with Crippen molar-refractivity contribution in [3.8, 4) is 0 Å². The average Bonchev–Trinajstić information content (AvgIpc) is 2.42. The normalized spacial score (nSPS) is 10.2. The van der Waals surface area contributed by atoms with E-state index in [0.717, 1.165) is 5.56 Å². The van der Waals surface area contributed by atoms with E-state index in [-0.39, 0.29) is 11.8 Å². The lowest BCUT2D eigenvalue weighted by atomic mass is 10.1. The summed E-state index contributed by atoms with van der Waals surface area (Å²) in [5.41, 5.74) is 1.45. The summed E-state index contributed by atoms with van der Waals surface area (Å²) < 4.78 is 0. The van der Waals surface area contributed by atoms with Gasteiger partial charge in [0.25, 0.3) is 5.91 Å². The van der Waals surface area contributed by atoms with Crippen molar-refractivity contribution in [1.82, 2.24) is 10.2 Å². The number of nitrogens with one attached hydrogen (secondary N) is 1. The van der Waals surface area contributed by atoms with Gasteiger partial charge in [-0.1, -0.05) is 18.2 Å². The Labute approximate surface area is 113 Å². The van der Waals surface area contributed by atoms with Crippen molar-refractivity contribution in [2.75, 3.05) is 20.6 Å². The maximum atomic E-state index is 11.6. The van der Waals surface area contributed by atoms with Crippen molar-refractivity contribution in [1.29, 1.82) is 0 Å². The minimum Gasteiger partial charge on any atom is -0.349 e. The number of benzene rings is 1. The first-order chi connectivity index (χ1) is 9.04. The maximum absolute atomic E-state index is 11.6. The molecule has 0 radical (unpaired) electrons. The van der Waals surface area contributed by atoms with E-state index in [4.69, 9.17) is 0 Å². The van der Waals surface area contributed by atoms with Crippen LogP contribution in [0.5, 0.6) is 0 Å². The van der Waals surface area contributed by atoms with Gasteiger partial charge in [-0.3, -0.25) is 9.59 Å². The molecule has 0 aliphatic carbocycles. The molecular formula is C15H18N2O2. The summed E-state index contributed by atoms with van der Waals surface area (Å²) >= 11 is 0. The summed E-state index contributed by atoms with van der Waals surface area (Å²) in [4.78, 5) is 24.5. The van der Waals surface area contributed by atoms with Gasteiger partial charge in [-0.15, -0.1) is 6.58 Å². The minimum absolute atomic E-state index is 0.0761. The molecule has 100 valence electrons. The standard InChI is InChI=1S/C15H18N2O2/c1-4-11-16-15(19)13-8-5-12(6-9-13)7-10-14(18)17(2)3/h4-10H,1,11H2,2-3H3,(H,16,19)/b10-7+. The number of amides is 2. The van der Waals surface area contributed by atoms with Gasteiger partial charge in [-0.05, 0) is 23.8 Å². The van der Waals surface area contributed by atoms with E-state index in [1.807, 2.05) is 0 Å². The lowest BCUT2D eigenvalue weighted by molar-refractivity contribution is -0.123. The number of carbonyl (C=O) groups is 2. The van der Waals surface area contributed by atoms with Crippen LogP contribution in [-0.2, 0) is 4.79 Å². The Bertz CT molecular complexity index is 487. The van der Waals surface area contributed by atoms with Crippen LogP contribution in [0, 0.1) is 0 Å². The second-order valence-electron chi connectivity index (χ2n) is 4.19. The first-order valence-corrected chi connectivity index (χ1v) is 5.93. The fraction of sp³-hybridized carbons (Fsp3) is 0.200. The van der Waals surface area contributed by atoms with E-state index in [0.29, 0.717) is 12.1 Å².